The number of ether oxygens (including phenoxy) is 1. The zero-order valence-electron chi connectivity index (χ0n) is 16.4. The van der Waals surface area contributed by atoms with Crippen LogP contribution < -0.4 is 5.32 Å². The highest BCUT2D eigenvalue weighted by Gasteiger charge is 2.13. The van der Waals surface area contributed by atoms with Crippen molar-refractivity contribution < 1.29 is 19.2 Å². The predicted molar refractivity (Wildman–Crippen MR) is 120 cm³/mol. The van der Waals surface area contributed by atoms with Gasteiger partial charge in [0.25, 0.3) is 11.6 Å². The molecular weight excluding hydrogens is 459 g/mol. The van der Waals surface area contributed by atoms with Crippen LogP contribution in [0.15, 0.2) is 60.8 Å². The molecule has 164 valence electrons. The first-order chi connectivity index (χ1) is 15.3. The van der Waals surface area contributed by atoms with Gasteiger partial charge in [-0.3, -0.25) is 14.9 Å². The lowest BCUT2D eigenvalue weighted by atomic mass is 10.2. The summed E-state index contributed by atoms with van der Waals surface area (Å²) in [7, 11) is 0. The Morgan fingerprint density at radius 2 is 1.94 bits per heavy atom. The van der Waals surface area contributed by atoms with E-state index in [1.54, 1.807) is 16.8 Å². The molecule has 32 heavy (non-hydrogen) atoms. The number of nitrogens with zero attached hydrogens (tertiary/aromatic N) is 3. The molecule has 0 radical (unpaired) electrons. The molecule has 11 heteroatoms. The quantitative estimate of drug-likeness (QED) is 0.224. The second-order valence-corrected chi connectivity index (χ2v) is 7.24. The molecule has 0 aliphatic carbocycles. The number of hydrogen-bond acceptors (Lipinski definition) is 6. The van der Waals surface area contributed by atoms with Gasteiger partial charge in [0.05, 0.1) is 17.7 Å². The highest BCUT2D eigenvalue weighted by molar-refractivity contribution is 6.32. The topological polar surface area (TPSA) is 116 Å². The van der Waals surface area contributed by atoms with Gasteiger partial charge in [0.2, 0.25) is 0 Å². The first-order valence-corrected chi connectivity index (χ1v) is 9.93. The fourth-order valence-corrected chi connectivity index (χ4v) is 3.04. The summed E-state index contributed by atoms with van der Waals surface area (Å²) in [5.74, 6) is -0.938. The maximum atomic E-state index is 12.1. The van der Waals surface area contributed by atoms with Crippen molar-refractivity contribution in [1.29, 1.82) is 0 Å². The van der Waals surface area contributed by atoms with Gasteiger partial charge in [0.1, 0.15) is 10.8 Å². The maximum absolute atomic E-state index is 12.1. The molecule has 0 aliphatic heterocycles. The first-order valence-electron chi connectivity index (χ1n) is 9.17. The molecule has 0 bridgehead atoms. The smallest absolute Gasteiger partial charge is 0.331 e. The molecule has 1 heterocycles. The molecule has 3 aromatic rings. The van der Waals surface area contributed by atoms with Crippen molar-refractivity contribution in [3.05, 3.63) is 92.1 Å². The molecule has 0 fully saturated rings. The number of halogens is 2. The van der Waals surface area contributed by atoms with Gasteiger partial charge >= 0.3 is 5.97 Å². The van der Waals surface area contributed by atoms with Gasteiger partial charge in [0.15, 0.2) is 6.61 Å². The zero-order valence-corrected chi connectivity index (χ0v) is 17.9. The van der Waals surface area contributed by atoms with E-state index >= 15 is 0 Å². The minimum atomic E-state index is -0.790. The largest absolute Gasteiger partial charge is 0.452 e. The lowest BCUT2D eigenvalue weighted by molar-refractivity contribution is -0.384. The summed E-state index contributed by atoms with van der Waals surface area (Å²) in [6.45, 7) is -0.181. The van der Waals surface area contributed by atoms with Gasteiger partial charge in [-0.15, -0.1) is 0 Å². The Kier molecular flexibility index (Phi) is 7.58. The number of carbonyl (C=O) groups excluding carboxylic acids is 2. The fraction of sp³-hybridized carbons (Fsp3) is 0.0952. The summed E-state index contributed by atoms with van der Waals surface area (Å²) in [6, 6.07) is 12.9. The van der Waals surface area contributed by atoms with E-state index in [0.29, 0.717) is 22.9 Å². The summed E-state index contributed by atoms with van der Waals surface area (Å²) in [6.07, 6.45) is 3.90. The third-order valence-electron chi connectivity index (χ3n) is 4.19. The van der Waals surface area contributed by atoms with Crippen molar-refractivity contribution in [1.82, 2.24) is 9.78 Å². The van der Waals surface area contributed by atoms with Crippen LogP contribution in [0, 0.1) is 10.1 Å². The van der Waals surface area contributed by atoms with Crippen LogP contribution in [0.3, 0.4) is 0 Å². The summed E-state index contributed by atoms with van der Waals surface area (Å²) in [5.41, 5.74) is 0.924. The average molecular weight is 475 g/mol. The fourth-order valence-electron chi connectivity index (χ4n) is 2.65. The van der Waals surface area contributed by atoms with Gasteiger partial charge in [-0.05, 0) is 29.3 Å². The van der Waals surface area contributed by atoms with Crippen LogP contribution in [-0.2, 0) is 20.9 Å². The van der Waals surface area contributed by atoms with Gasteiger partial charge in [-0.2, -0.15) is 5.10 Å². The first kappa shape index (κ1) is 23.0. The van der Waals surface area contributed by atoms with Crippen LogP contribution in [0.4, 0.5) is 11.5 Å². The van der Waals surface area contributed by atoms with Crippen LogP contribution in [0.5, 0.6) is 0 Å². The number of nitro benzene ring substituents is 1. The van der Waals surface area contributed by atoms with Crippen LogP contribution in [0.25, 0.3) is 6.08 Å². The number of nitrogens with one attached hydrogen (secondary N) is 1. The van der Waals surface area contributed by atoms with E-state index < -0.39 is 23.4 Å². The molecule has 9 nitrogen and oxygen atoms in total. The van der Waals surface area contributed by atoms with Crippen molar-refractivity contribution in [3.63, 3.8) is 0 Å². The van der Waals surface area contributed by atoms with Crippen LogP contribution in [0.1, 0.15) is 11.1 Å². The van der Waals surface area contributed by atoms with Crippen molar-refractivity contribution in [2.24, 2.45) is 0 Å². The van der Waals surface area contributed by atoms with Crippen molar-refractivity contribution >= 4 is 52.7 Å². The Bertz CT molecular complexity index is 1190. The Morgan fingerprint density at radius 1 is 1.16 bits per heavy atom. The highest BCUT2D eigenvalue weighted by atomic mass is 35.5. The molecule has 2 aromatic carbocycles. The minimum Gasteiger partial charge on any atom is -0.452 e. The number of carbonyl (C=O) groups is 2. The van der Waals surface area contributed by atoms with E-state index in [4.69, 9.17) is 27.9 Å². The Morgan fingerprint density at radius 3 is 2.69 bits per heavy atom. The molecule has 0 atom stereocenters. The number of aromatic nitrogens is 2. The summed E-state index contributed by atoms with van der Waals surface area (Å²) in [4.78, 5) is 34.3. The molecule has 1 amide bonds. The predicted octanol–water partition coefficient (Wildman–Crippen LogP) is 4.34. The molecule has 0 aliphatic rings. The standard InChI is InChI=1S/C21H16Cl2N4O5/c22-16-4-2-1-3-15(16)12-26-19(9-10-24-26)25-20(28)13-32-21(29)8-6-14-5-7-17(23)18(11-14)27(30)31/h1-11H,12-13H2,(H,25,28)/b8-6+. The third kappa shape index (κ3) is 6.16. The number of amides is 1. The van der Waals surface area contributed by atoms with Crippen molar-refractivity contribution in [2.45, 2.75) is 6.54 Å². The van der Waals surface area contributed by atoms with Crippen molar-refractivity contribution in [2.75, 3.05) is 11.9 Å². The number of rotatable bonds is 8. The second-order valence-electron chi connectivity index (χ2n) is 6.42. The monoisotopic (exact) mass is 474 g/mol. The third-order valence-corrected chi connectivity index (χ3v) is 4.87. The van der Waals surface area contributed by atoms with Crippen LogP contribution >= 0.6 is 23.2 Å². The summed E-state index contributed by atoms with van der Waals surface area (Å²) >= 11 is 11.9. The zero-order chi connectivity index (χ0) is 23.1. The molecule has 0 spiro atoms. The van der Waals surface area contributed by atoms with E-state index in [-0.39, 0.29) is 10.7 Å². The maximum Gasteiger partial charge on any atom is 0.331 e. The molecule has 0 saturated carbocycles. The number of benzene rings is 2. The van der Waals surface area contributed by atoms with E-state index in [9.17, 15) is 19.7 Å². The van der Waals surface area contributed by atoms with E-state index in [0.717, 1.165) is 11.6 Å². The van der Waals surface area contributed by atoms with Gasteiger partial charge in [-0.1, -0.05) is 47.5 Å². The summed E-state index contributed by atoms with van der Waals surface area (Å²) in [5, 5.41) is 18.2. The lowest BCUT2D eigenvalue weighted by Crippen LogP contribution is -2.22. The molecule has 1 N–H and O–H groups in total. The van der Waals surface area contributed by atoms with E-state index in [2.05, 4.69) is 10.4 Å². The minimum absolute atomic E-state index is 0.0137. The lowest BCUT2D eigenvalue weighted by Gasteiger charge is -2.10. The number of esters is 1. The van der Waals surface area contributed by atoms with Crippen LogP contribution in [-0.4, -0.2) is 33.2 Å². The summed E-state index contributed by atoms with van der Waals surface area (Å²) < 4.78 is 6.45. The average Bonchev–Trinajstić information content (AvgIpc) is 3.19. The van der Waals surface area contributed by atoms with Gasteiger partial charge in [-0.25, -0.2) is 9.48 Å². The molecule has 3 rings (SSSR count). The van der Waals surface area contributed by atoms with Crippen LogP contribution in [0.2, 0.25) is 10.0 Å². The Hall–Kier alpha value is -3.69. The van der Waals surface area contributed by atoms with E-state index in [1.165, 1.54) is 30.5 Å². The van der Waals surface area contributed by atoms with Gasteiger partial charge < -0.3 is 10.1 Å². The SMILES string of the molecule is O=C(COC(=O)/C=C/c1ccc(Cl)c([N+](=O)[O-])c1)Nc1ccnn1Cc1ccccc1Cl. The molecule has 1 aromatic heterocycles. The number of hydrogen-bond donors (Lipinski definition) is 1. The van der Waals surface area contributed by atoms with Crippen molar-refractivity contribution in [3.8, 4) is 0 Å². The molecular formula is C21H16Cl2N4O5. The Labute approximate surface area is 192 Å². The van der Waals surface area contributed by atoms with Gasteiger partial charge in [0, 0.05) is 23.2 Å². The molecule has 0 saturated heterocycles. The number of anilines is 1. The highest BCUT2D eigenvalue weighted by Crippen LogP contribution is 2.25. The normalized spacial score (nSPS) is 10.8. The second kappa shape index (κ2) is 10.6. The number of nitro groups is 1. The van der Waals surface area contributed by atoms with E-state index in [1.807, 2.05) is 18.2 Å². The molecule has 0 unspecified atom stereocenters. The Balaban J connectivity index is 1.53.